The molecule has 1 aromatic rings. The first-order valence-electron chi connectivity index (χ1n) is 10.1. The molecule has 2 aliphatic heterocycles. The van der Waals surface area contributed by atoms with Crippen molar-refractivity contribution in [3.63, 3.8) is 0 Å². The summed E-state index contributed by atoms with van der Waals surface area (Å²) in [6, 6.07) is 9.77. The van der Waals surface area contributed by atoms with Crippen LogP contribution in [0.4, 0.5) is 5.69 Å². The van der Waals surface area contributed by atoms with E-state index < -0.39 is 0 Å². The van der Waals surface area contributed by atoms with Gasteiger partial charge in [0.1, 0.15) is 6.07 Å². The Labute approximate surface area is 151 Å². The molecule has 4 rings (SSSR count). The van der Waals surface area contributed by atoms with Crippen LogP contribution in [0.3, 0.4) is 0 Å². The highest BCUT2D eigenvalue weighted by molar-refractivity contribution is 5.64. The molecule has 0 aromatic heterocycles. The number of rotatable bonds is 3. The number of piperidine rings is 1. The van der Waals surface area contributed by atoms with Gasteiger partial charge in [-0.25, -0.2) is 0 Å². The molecule has 0 spiro atoms. The molecule has 2 fully saturated rings. The minimum Gasteiger partial charge on any atom is -0.370 e. The van der Waals surface area contributed by atoms with E-state index in [0.29, 0.717) is 5.92 Å². The Kier molecular flexibility index (Phi) is 5.08. The van der Waals surface area contributed by atoms with Crippen LogP contribution in [-0.2, 0) is 0 Å². The fraction of sp³-hybridized carbons (Fsp3) is 0.591. The van der Waals surface area contributed by atoms with Gasteiger partial charge in [-0.05, 0) is 69.7 Å². The molecule has 0 amide bonds. The Bertz CT molecular complexity index is 658. The van der Waals surface area contributed by atoms with Crippen molar-refractivity contribution in [2.75, 3.05) is 31.1 Å². The average molecular weight is 335 g/mol. The van der Waals surface area contributed by atoms with E-state index in [2.05, 4.69) is 46.2 Å². The van der Waals surface area contributed by atoms with E-state index in [1.54, 1.807) is 0 Å². The molecule has 132 valence electrons. The number of nitriles is 1. The Balaban J connectivity index is 1.51. The van der Waals surface area contributed by atoms with Crippen LogP contribution in [-0.4, -0.2) is 37.1 Å². The van der Waals surface area contributed by atoms with Crippen LogP contribution in [0.25, 0.3) is 0 Å². The third kappa shape index (κ3) is 3.46. The van der Waals surface area contributed by atoms with Crippen LogP contribution in [0, 0.1) is 11.3 Å². The number of nitrogens with zero attached hydrogens (tertiary/aromatic N) is 3. The average Bonchev–Trinajstić information content (AvgIpc) is 3.23. The largest absolute Gasteiger partial charge is 0.370 e. The predicted octanol–water partition coefficient (Wildman–Crippen LogP) is 4.45. The van der Waals surface area contributed by atoms with Crippen molar-refractivity contribution in [2.24, 2.45) is 0 Å². The van der Waals surface area contributed by atoms with Crippen molar-refractivity contribution in [3.05, 3.63) is 41.5 Å². The molecular formula is C22H29N3. The van der Waals surface area contributed by atoms with Crippen LogP contribution in [0.5, 0.6) is 0 Å². The van der Waals surface area contributed by atoms with Gasteiger partial charge in [-0.2, -0.15) is 5.26 Å². The lowest BCUT2D eigenvalue weighted by Crippen LogP contribution is -2.44. The van der Waals surface area contributed by atoms with Gasteiger partial charge in [0.05, 0.1) is 11.3 Å². The van der Waals surface area contributed by atoms with Crippen molar-refractivity contribution < 1.29 is 0 Å². The van der Waals surface area contributed by atoms with E-state index in [-0.39, 0.29) is 0 Å². The Morgan fingerprint density at radius 3 is 2.44 bits per heavy atom. The van der Waals surface area contributed by atoms with Crippen molar-refractivity contribution in [3.8, 4) is 6.07 Å². The van der Waals surface area contributed by atoms with E-state index in [1.807, 2.05) is 0 Å². The third-order valence-corrected chi connectivity index (χ3v) is 6.30. The normalized spacial score (nSPS) is 25.2. The molecule has 0 saturated carbocycles. The van der Waals surface area contributed by atoms with Crippen LogP contribution in [0.2, 0.25) is 0 Å². The first kappa shape index (κ1) is 16.7. The number of benzene rings is 1. The molecular weight excluding hydrogens is 306 g/mol. The highest BCUT2D eigenvalue weighted by Crippen LogP contribution is 2.35. The number of hydrogen-bond acceptors (Lipinski definition) is 3. The zero-order valence-electron chi connectivity index (χ0n) is 15.2. The van der Waals surface area contributed by atoms with Crippen molar-refractivity contribution in [1.29, 1.82) is 5.26 Å². The van der Waals surface area contributed by atoms with Gasteiger partial charge in [0.15, 0.2) is 0 Å². The van der Waals surface area contributed by atoms with Crippen LogP contribution in [0.15, 0.2) is 30.4 Å². The molecule has 25 heavy (non-hydrogen) atoms. The Hall–Kier alpha value is -1.79. The number of hydrogen-bond donors (Lipinski definition) is 0. The number of likely N-dealkylation sites (tertiary alicyclic amines) is 1. The van der Waals surface area contributed by atoms with E-state index in [1.165, 1.54) is 69.3 Å². The second-order valence-corrected chi connectivity index (χ2v) is 7.78. The summed E-state index contributed by atoms with van der Waals surface area (Å²) in [4.78, 5) is 5.15. The first-order valence-corrected chi connectivity index (χ1v) is 10.1. The quantitative estimate of drug-likeness (QED) is 0.765. The molecule has 3 aliphatic rings. The second-order valence-electron chi connectivity index (χ2n) is 7.78. The lowest BCUT2D eigenvalue weighted by Gasteiger charge is -2.38. The van der Waals surface area contributed by atoms with Gasteiger partial charge in [0.25, 0.3) is 0 Å². The van der Waals surface area contributed by atoms with Crippen molar-refractivity contribution >= 4 is 5.69 Å². The number of anilines is 1. The SMILES string of the molecule is N#Cc1c(C2C=CCCC2)cccc1N1CCC(N2CCCC2)CC1. The molecule has 0 bridgehead atoms. The fourth-order valence-electron chi connectivity index (χ4n) is 4.90. The van der Waals surface area contributed by atoms with Gasteiger partial charge in [0, 0.05) is 25.0 Å². The standard InChI is InChI=1S/C22H29N3/c23-17-21-20(18-7-2-1-3-8-18)9-6-10-22(21)25-15-11-19(12-16-25)24-13-4-5-14-24/h2,6-7,9-10,18-19H,1,3-5,8,11-16H2. The summed E-state index contributed by atoms with van der Waals surface area (Å²) >= 11 is 0. The summed E-state index contributed by atoms with van der Waals surface area (Å²) in [5, 5.41) is 9.88. The summed E-state index contributed by atoms with van der Waals surface area (Å²) in [5.41, 5.74) is 3.31. The van der Waals surface area contributed by atoms with Crippen molar-refractivity contribution in [2.45, 2.75) is 56.9 Å². The van der Waals surface area contributed by atoms with Crippen LogP contribution >= 0.6 is 0 Å². The fourth-order valence-corrected chi connectivity index (χ4v) is 4.90. The summed E-state index contributed by atoms with van der Waals surface area (Å²) in [7, 11) is 0. The maximum Gasteiger partial charge on any atom is 0.102 e. The van der Waals surface area contributed by atoms with Gasteiger partial charge in [0.2, 0.25) is 0 Å². The summed E-state index contributed by atoms with van der Waals surface area (Å²) in [6.45, 7) is 4.74. The summed E-state index contributed by atoms with van der Waals surface area (Å²) in [5.74, 6) is 0.422. The van der Waals surface area contributed by atoms with Gasteiger partial charge in [-0.3, -0.25) is 0 Å². The third-order valence-electron chi connectivity index (χ3n) is 6.30. The predicted molar refractivity (Wildman–Crippen MR) is 103 cm³/mol. The molecule has 3 heteroatoms. The maximum atomic E-state index is 9.88. The van der Waals surface area contributed by atoms with E-state index in [0.717, 1.165) is 24.7 Å². The van der Waals surface area contributed by atoms with Gasteiger partial charge in [-0.1, -0.05) is 24.3 Å². The minimum atomic E-state index is 0.422. The monoisotopic (exact) mass is 335 g/mol. The Morgan fingerprint density at radius 1 is 0.960 bits per heavy atom. The molecule has 2 heterocycles. The minimum absolute atomic E-state index is 0.422. The van der Waals surface area contributed by atoms with Gasteiger partial charge in [-0.15, -0.1) is 0 Å². The summed E-state index contributed by atoms with van der Waals surface area (Å²) < 4.78 is 0. The van der Waals surface area contributed by atoms with Crippen molar-refractivity contribution in [1.82, 2.24) is 4.90 Å². The summed E-state index contributed by atoms with van der Waals surface area (Å²) in [6.07, 6.45) is 13.4. The molecule has 1 unspecified atom stereocenters. The highest BCUT2D eigenvalue weighted by Gasteiger charge is 2.28. The topological polar surface area (TPSA) is 30.3 Å². The van der Waals surface area contributed by atoms with E-state index >= 15 is 0 Å². The molecule has 1 aromatic carbocycles. The molecule has 1 aliphatic carbocycles. The first-order chi connectivity index (χ1) is 12.4. The molecule has 0 radical (unpaired) electrons. The van der Waals surface area contributed by atoms with Gasteiger partial charge < -0.3 is 9.80 Å². The zero-order valence-corrected chi connectivity index (χ0v) is 15.2. The lowest BCUT2D eigenvalue weighted by molar-refractivity contribution is 0.208. The van der Waals surface area contributed by atoms with E-state index in [4.69, 9.17) is 0 Å². The zero-order chi connectivity index (χ0) is 17.1. The molecule has 0 N–H and O–H groups in total. The second kappa shape index (κ2) is 7.62. The molecule has 1 atom stereocenters. The lowest BCUT2D eigenvalue weighted by atomic mass is 9.86. The van der Waals surface area contributed by atoms with Crippen LogP contribution in [0.1, 0.15) is 62.0 Å². The van der Waals surface area contributed by atoms with Gasteiger partial charge >= 0.3 is 0 Å². The molecule has 3 nitrogen and oxygen atoms in total. The number of allylic oxidation sites excluding steroid dienone is 2. The van der Waals surface area contributed by atoms with Crippen LogP contribution < -0.4 is 4.90 Å². The highest BCUT2D eigenvalue weighted by atomic mass is 15.2. The Morgan fingerprint density at radius 2 is 1.76 bits per heavy atom. The van der Waals surface area contributed by atoms with E-state index in [9.17, 15) is 5.26 Å². The smallest absolute Gasteiger partial charge is 0.102 e. The maximum absolute atomic E-state index is 9.88. The molecule has 2 saturated heterocycles.